The molecule has 2 nitrogen and oxygen atoms in total. The summed E-state index contributed by atoms with van der Waals surface area (Å²) in [5.74, 6) is -0.181. The minimum absolute atomic E-state index is 0.125. The summed E-state index contributed by atoms with van der Waals surface area (Å²) in [6.07, 6.45) is 3.53. The lowest BCUT2D eigenvalue weighted by molar-refractivity contribution is 0.0189. The van der Waals surface area contributed by atoms with E-state index in [1.165, 1.54) is 6.08 Å². The fourth-order valence-electron chi connectivity index (χ4n) is 2.44. The highest BCUT2D eigenvalue weighted by molar-refractivity contribution is 5.39. The van der Waals surface area contributed by atoms with Crippen LogP contribution < -0.4 is 5.32 Å². The van der Waals surface area contributed by atoms with Crippen LogP contribution in [0.1, 0.15) is 12.8 Å². The zero-order valence-electron chi connectivity index (χ0n) is 9.22. The van der Waals surface area contributed by atoms with Crippen molar-refractivity contribution in [3.8, 4) is 6.07 Å². The topological polar surface area (TPSA) is 35.8 Å². The number of hydrogen-bond donors (Lipinski definition) is 1. The third kappa shape index (κ3) is 1.81. The zero-order chi connectivity index (χ0) is 11.8. The van der Waals surface area contributed by atoms with Crippen molar-refractivity contribution in [1.82, 2.24) is 5.32 Å². The molecular weight excluding hydrogens is 203 g/mol. The summed E-state index contributed by atoms with van der Waals surface area (Å²) >= 11 is 0. The lowest BCUT2D eigenvalue weighted by Crippen LogP contribution is -2.60. The molecule has 1 saturated carbocycles. The van der Waals surface area contributed by atoms with E-state index in [2.05, 4.69) is 18.5 Å². The van der Waals surface area contributed by atoms with Gasteiger partial charge in [-0.1, -0.05) is 13.2 Å². The normalized spacial score (nSPS) is 23.1. The van der Waals surface area contributed by atoms with E-state index in [9.17, 15) is 4.39 Å². The average molecular weight is 218 g/mol. The van der Waals surface area contributed by atoms with Crippen LogP contribution in [0.2, 0.25) is 0 Å². The van der Waals surface area contributed by atoms with Gasteiger partial charge in [-0.15, -0.1) is 0 Å². The van der Waals surface area contributed by atoms with Crippen LogP contribution in [0, 0.1) is 22.7 Å². The fourth-order valence-corrected chi connectivity index (χ4v) is 2.44. The van der Waals surface area contributed by atoms with Crippen LogP contribution in [-0.4, -0.2) is 13.1 Å². The molecular formula is C13H15FN2. The van der Waals surface area contributed by atoms with Crippen molar-refractivity contribution < 1.29 is 4.39 Å². The Bertz CT molecular complexity index is 402. The van der Waals surface area contributed by atoms with Crippen LogP contribution in [0.5, 0.6) is 0 Å². The summed E-state index contributed by atoms with van der Waals surface area (Å²) in [5, 5.41) is 11.7. The number of nitriles is 1. The molecule has 0 amide bonds. The minimum atomic E-state index is -0.555. The standard InChI is InChI=1S/C13H15FN2/c1-9(3-12(14)10(2)6-15)11-4-13(5-11)7-16-8-13/h3,11,16H,1-2,4-5,7-8H2/b12-3+. The molecule has 1 aliphatic carbocycles. The first-order valence-corrected chi connectivity index (χ1v) is 5.42. The Labute approximate surface area is 95.1 Å². The van der Waals surface area contributed by atoms with Crippen LogP contribution in [0.3, 0.4) is 0 Å². The molecule has 0 atom stereocenters. The molecule has 2 rings (SSSR count). The molecule has 0 radical (unpaired) electrons. The summed E-state index contributed by atoms with van der Waals surface area (Å²) < 4.78 is 13.3. The van der Waals surface area contributed by atoms with E-state index in [1.807, 2.05) is 0 Å². The highest BCUT2D eigenvalue weighted by Crippen LogP contribution is 2.51. The quantitative estimate of drug-likeness (QED) is 0.583. The summed E-state index contributed by atoms with van der Waals surface area (Å²) in [4.78, 5) is 0. The summed E-state index contributed by atoms with van der Waals surface area (Å²) in [6.45, 7) is 9.35. The lowest BCUT2D eigenvalue weighted by Gasteiger charge is -2.54. The average Bonchev–Trinajstić information content (AvgIpc) is 2.11. The molecule has 0 bridgehead atoms. The first kappa shape index (κ1) is 11.1. The fraction of sp³-hybridized carbons (Fsp3) is 0.462. The van der Waals surface area contributed by atoms with E-state index in [4.69, 9.17) is 5.26 Å². The molecule has 0 aromatic carbocycles. The van der Waals surface area contributed by atoms with E-state index in [0.29, 0.717) is 11.3 Å². The summed E-state index contributed by atoms with van der Waals surface area (Å²) in [7, 11) is 0. The molecule has 84 valence electrons. The van der Waals surface area contributed by atoms with E-state index in [-0.39, 0.29) is 5.57 Å². The van der Waals surface area contributed by atoms with Gasteiger partial charge >= 0.3 is 0 Å². The number of nitrogens with zero attached hydrogens (tertiary/aromatic N) is 1. The second-order valence-electron chi connectivity index (χ2n) is 4.87. The first-order chi connectivity index (χ1) is 7.56. The summed E-state index contributed by atoms with van der Waals surface area (Å²) in [5.41, 5.74) is 1.12. The third-order valence-corrected chi connectivity index (χ3v) is 3.62. The maximum Gasteiger partial charge on any atom is 0.140 e. The van der Waals surface area contributed by atoms with Crippen LogP contribution in [-0.2, 0) is 0 Å². The van der Waals surface area contributed by atoms with E-state index >= 15 is 0 Å². The van der Waals surface area contributed by atoms with Crippen molar-refractivity contribution in [2.24, 2.45) is 11.3 Å². The van der Waals surface area contributed by atoms with Crippen LogP contribution in [0.4, 0.5) is 4.39 Å². The van der Waals surface area contributed by atoms with Gasteiger partial charge in [-0.05, 0) is 35.8 Å². The van der Waals surface area contributed by atoms with Gasteiger partial charge < -0.3 is 5.32 Å². The number of allylic oxidation sites excluding steroid dienone is 4. The molecule has 1 saturated heterocycles. The highest BCUT2D eigenvalue weighted by Gasteiger charge is 2.48. The molecule has 1 heterocycles. The lowest BCUT2D eigenvalue weighted by atomic mass is 9.57. The maximum absolute atomic E-state index is 13.3. The Morgan fingerprint density at radius 2 is 2.06 bits per heavy atom. The van der Waals surface area contributed by atoms with Gasteiger partial charge in [-0.2, -0.15) is 5.26 Å². The largest absolute Gasteiger partial charge is 0.316 e. The van der Waals surface area contributed by atoms with Gasteiger partial charge in [0.05, 0.1) is 5.57 Å². The van der Waals surface area contributed by atoms with E-state index in [1.54, 1.807) is 6.07 Å². The molecule has 3 heteroatoms. The summed E-state index contributed by atoms with van der Waals surface area (Å²) in [6, 6.07) is 1.69. The number of halogens is 1. The van der Waals surface area contributed by atoms with Gasteiger partial charge in [0.25, 0.3) is 0 Å². The number of nitrogens with one attached hydrogen (secondary N) is 1. The smallest absolute Gasteiger partial charge is 0.140 e. The monoisotopic (exact) mass is 218 g/mol. The van der Waals surface area contributed by atoms with Gasteiger partial charge in [0, 0.05) is 13.1 Å². The molecule has 0 aromatic rings. The van der Waals surface area contributed by atoms with Crippen molar-refractivity contribution >= 4 is 0 Å². The Kier molecular flexibility index (Phi) is 2.69. The SMILES string of the molecule is C=C(C#N)/C(F)=C\C(=C)C1CC2(CNC2)C1. The van der Waals surface area contributed by atoms with Gasteiger partial charge in [0.1, 0.15) is 11.9 Å². The van der Waals surface area contributed by atoms with E-state index < -0.39 is 5.83 Å². The molecule has 1 spiro atoms. The van der Waals surface area contributed by atoms with Gasteiger partial charge in [0.15, 0.2) is 0 Å². The van der Waals surface area contributed by atoms with Crippen molar-refractivity contribution in [1.29, 1.82) is 5.26 Å². The molecule has 1 aliphatic heterocycles. The zero-order valence-corrected chi connectivity index (χ0v) is 9.22. The highest BCUT2D eigenvalue weighted by atomic mass is 19.1. The van der Waals surface area contributed by atoms with E-state index in [0.717, 1.165) is 31.5 Å². The predicted octanol–water partition coefficient (Wildman–Crippen LogP) is 2.48. The minimum Gasteiger partial charge on any atom is -0.316 e. The van der Waals surface area contributed by atoms with Gasteiger partial charge in [-0.3, -0.25) is 0 Å². The third-order valence-electron chi connectivity index (χ3n) is 3.62. The Morgan fingerprint density at radius 3 is 2.50 bits per heavy atom. The van der Waals surface area contributed by atoms with Crippen molar-refractivity contribution in [2.75, 3.05) is 13.1 Å². The molecule has 0 unspecified atom stereocenters. The van der Waals surface area contributed by atoms with Crippen LogP contribution in [0.15, 0.2) is 36.2 Å². The number of rotatable bonds is 3. The van der Waals surface area contributed by atoms with Crippen LogP contribution >= 0.6 is 0 Å². The predicted molar refractivity (Wildman–Crippen MR) is 61.1 cm³/mol. The molecule has 2 aliphatic rings. The van der Waals surface area contributed by atoms with Gasteiger partial charge in [0.2, 0.25) is 0 Å². The molecule has 16 heavy (non-hydrogen) atoms. The van der Waals surface area contributed by atoms with Crippen molar-refractivity contribution in [2.45, 2.75) is 12.8 Å². The second kappa shape index (κ2) is 3.88. The molecule has 1 N–H and O–H groups in total. The van der Waals surface area contributed by atoms with Crippen LogP contribution in [0.25, 0.3) is 0 Å². The van der Waals surface area contributed by atoms with Crippen molar-refractivity contribution in [3.05, 3.63) is 36.2 Å². The van der Waals surface area contributed by atoms with Crippen molar-refractivity contribution in [3.63, 3.8) is 0 Å². The molecule has 0 aromatic heterocycles. The number of hydrogen-bond acceptors (Lipinski definition) is 2. The molecule has 2 fully saturated rings. The Hall–Kier alpha value is -1.40. The van der Waals surface area contributed by atoms with Gasteiger partial charge in [-0.25, -0.2) is 4.39 Å². The second-order valence-corrected chi connectivity index (χ2v) is 4.87. The Balaban J connectivity index is 1.90. The maximum atomic E-state index is 13.3. The Morgan fingerprint density at radius 1 is 1.44 bits per heavy atom. The first-order valence-electron chi connectivity index (χ1n) is 5.42.